The molecular formula is C25H25N3O4. The third-order valence-corrected chi connectivity index (χ3v) is 5.67. The van der Waals surface area contributed by atoms with Crippen LogP contribution in [0.25, 0.3) is 11.3 Å². The second-order valence-electron chi connectivity index (χ2n) is 9.06. The van der Waals surface area contributed by atoms with Crippen LogP contribution in [-0.4, -0.2) is 17.0 Å². The number of nitrogens with one attached hydrogen (secondary N) is 1. The number of amides is 1. The van der Waals surface area contributed by atoms with Gasteiger partial charge in [0.15, 0.2) is 0 Å². The first-order chi connectivity index (χ1) is 15.2. The molecule has 1 fully saturated rings. The van der Waals surface area contributed by atoms with Gasteiger partial charge in [0.05, 0.1) is 11.1 Å². The highest BCUT2D eigenvalue weighted by molar-refractivity contribution is 5.85. The van der Waals surface area contributed by atoms with Gasteiger partial charge in [-0.1, -0.05) is 57.2 Å². The third kappa shape index (κ3) is 4.77. The van der Waals surface area contributed by atoms with E-state index in [2.05, 4.69) is 55.6 Å². The van der Waals surface area contributed by atoms with E-state index in [9.17, 15) is 14.9 Å². The lowest BCUT2D eigenvalue weighted by Crippen LogP contribution is -2.20. The number of carbonyl (C=O) groups excluding carboxylic acids is 1. The molecule has 1 aliphatic rings. The van der Waals surface area contributed by atoms with Crippen molar-refractivity contribution >= 4 is 17.8 Å². The minimum Gasteiger partial charge on any atom is -0.455 e. The van der Waals surface area contributed by atoms with E-state index in [0.29, 0.717) is 17.1 Å². The molecule has 2 atom stereocenters. The maximum Gasteiger partial charge on any atom is 0.270 e. The molecule has 0 radical (unpaired) electrons. The molecule has 0 spiro atoms. The quantitative estimate of drug-likeness (QED) is 0.321. The number of hydrazone groups is 1. The zero-order valence-corrected chi connectivity index (χ0v) is 18.2. The maximum absolute atomic E-state index is 12.4. The summed E-state index contributed by atoms with van der Waals surface area (Å²) < 4.78 is 5.67. The van der Waals surface area contributed by atoms with Crippen LogP contribution in [0.3, 0.4) is 0 Å². The van der Waals surface area contributed by atoms with E-state index in [-0.39, 0.29) is 28.8 Å². The summed E-state index contributed by atoms with van der Waals surface area (Å²) in [6.07, 6.45) is 2.24. The van der Waals surface area contributed by atoms with Gasteiger partial charge in [-0.15, -0.1) is 0 Å². The average Bonchev–Trinajstić information content (AvgIpc) is 3.44. The van der Waals surface area contributed by atoms with Gasteiger partial charge in [-0.25, -0.2) is 5.43 Å². The molecule has 3 aromatic rings. The summed E-state index contributed by atoms with van der Waals surface area (Å²) >= 11 is 0. The van der Waals surface area contributed by atoms with Crippen LogP contribution in [-0.2, 0) is 10.2 Å². The largest absolute Gasteiger partial charge is 0.455 e. The Morgan fingerprint density at radius 1 is 1.16 bits per heavy atom. The highest BCUT2D eigenvalue weighted by atomic mass is 16.6. The molecule has 2 aromatic carbocycles. The Hall–Kier alpha value is -3.74. The fourth-order valence-corrected chi connectivity index (χ4v) is 3.68. The number of hydrogen-bond acceptors (Lipinski definition) is 5. The first-order valence-corrected chi connectivity index (χ1v) is 10.5. The molecule has 4 rings (SSSR count). The lowest BCUT2D eigenvalue weighted by Gasteiger charge is -2.19. The minimum absolute atomic E-state index is 0.00610. The highest BCUT2D eigenvalue weighted by Crippen LogP contribution is 2.47. The van der Waals surface area contributed by atoms with Crippen LogP contribution >= 0.6 is 0 Å². The molecule has 1 aromatic heterocycles. The molecule has 1 aliphatic carbocycles. The highest BCUT2D eigenvalue weighted by Gasteiger charge is 2.44. The standard InChI is InChI=1S/C25H25N3O4/c1-25(2,3)18-9-7-16(8-10-18)21-14-22(21)24(29)27-26-15-20-11-12-23(32-20)17-5-4-6-19(13-17)28(30)31/h4-13,15,21-22H,14H2,1-3H3,(H,27,29)/b26-15+/t21-,22-/m0/s1. The number of non-ortho nitro benzene ring substituents is 1. The predicted molar refractivity (Wildman–Crippen MR) is 123 cm³/mol. The lowest BCUT2D eigenvalue weighted by atomic mass is 9.86. The van der Waals surface area contributed by atoms with Crippen molar-refractivity contribution < 1.29 is 14.1 Å². The fourth-order valence-electron chi connectivity index (χ4n) is 3.68. The van der Waals surface area contributed by atoms with E-state index in [1.807, 2.05) is 0 Å². The molecule has 1 amide bonds. The van der Waals surface area contributed by atoms with E-state index >= 15 is 0 Å². The summed E-state index contributed by atoms with van der Waals surface area (Å²) in [7, 11) is 0. The van der Waals surface area contributed by atoms with Gasteiger partial charge in [0.1, 0.15) is 11.5 Å². The van der Waals surface area contributed by atoms with Crippen LogP contribution < -0.4 is 5.43 Å². The minimum atomic E-state index is -0.450. The van der Waals surface area contributed by atoms with Gasteiger partial charge in [-0.05, 0) is 41.0 Å². The average molecular weight is 431 g/mol. The summed E-state index contributed by atoms with van der Waals surface area (Å²) in [5.74, 6) is 0.962. The second-order valence-corrected chi connectivity index (χ2v) is 9.06. The van der Waals surface area contributed by atoms with Crippen molar-refractivity contribution in [2.45, 2.75) is 38.5 Å². The molecule has 0 bridgehead atoms. The number of hydrogen-bond donors (Lipinski definition) is 1. The molecule has 0 aliphatic heterocycles. The molecule has 1 saturated carbocycles. The van der Waals surface area contributed by atoms with Crippen molar-refractivity contribution in [2.75, 3.05) is 0 Å². The van der Waals surface area contributed by atoms with E-state index in [1.165, 1.54) is 29.5 Å². The van der Waals surface area contributed by atoms with Crippen molar-refractivity contribution in [3.05, 3.63) is 87.7 Å². The molecule has 0 saturated heterocycles. The third-order valence-electron chi connectivity index (χ3n) is 5.67. The predicted octanol–water partition coefficient (Wildman–Crippen LogP) is 5.41. The molecule has 1 heterocycles. The van der Waals surface area contributed by atoms with Gasteiger partial charge in [-0.3, -0.25) is 14.9 Å². The number of nitro benzene ring substituents is 1. The molecular weight excluding hydrogens is 406 g/mol. The van der Waals surface area contributed by atoms with E-state index in [1.54, 1.807) is 24.3 Å². The molecule has 0 unspecified atom stereocenters. The van der Waals surface area contributed by atoms with Crippen molar-refractivity contribution in [3.63, 3.8) is 0 Å². The number of nitro groups is 1. The molecule has 7 nitrogen and oxygen atoms in total. The van der Waals surface area contributed by atoms with Crippen LogP contribution in [0.5, 0.6) is 0 Å². The Balaban J connectivity index is 1.33. The van der Waals surface area contributed by atoms with E-state index < -0.39 is 4.92 Å². The summed E-state index contributed by atoms with van der Waals surface area (Å²) in [6.45, 7) is 6.54. The summed E-state index contributed by atoms with van der Waals surface area (Å²) in [6, 6.07) is 18.1. The molecule has 1 N–H and O–H groups in total. The van der Waals surface area contributed by atoms with Crippen LogP contribution in [0, 0.1) is 16.0 Å². The van der Waals surface area contributed by atoms with Gasteiger partial charge < -0.3 is 4.42 Å². The Labute approximate surface area is 186 Å². The van der Waals surface area contributed by atoms with Gasteiger partial charge in [0, 0.05) is 23.6 Å². The SMILES string of the molecule is CC(C)(C)c1ccc([C@@H]2C[C@@H]2C(=O)N/N=C/c2ccc(-c3cccc([N+](=O)[O-])c3)o2)cc1. The number of rotatable bonds is 6. The summed E-state index contributed by atoms with van der Waals surface area (Å²) in [5, 5.41) is 14.9. The topological polar surface area (TPSA) is 97.7 Å². The van der Waals surface area contributed by atoms with Crippen molar-refractivity contribution in [2.24, 2.45) is 11.0 Å². The van der Waals surface area contributed by atoms with E-state index in [0.717, 1.165) is 6.42 Å². The van der Waals surface area contributed by atoms with Gasteiger partial charge in [0.2, 0.25) is 5.91 Å². The van der Waals surface area contributed by atoms with Crippen LogP contribution in [0.1, 0.15) is 50.0 Å². The molecule has 32 heavy (non-hydrogen) atoms. The Morgan fingerprint density at radius 3 is 2.59 bits per heavy atom. The van der Waals surface area contributed by atoms with E-state index in [4.69, 9.17) is 4.42 Å². The number of carbonyl (C=O) groups is 1. The normalized spacial score (nSPS) is 18.0. The Bertz CT molecular complexity index is 1170. The monoisotopic (exact) mass is 431 g/mol. The maximum atomic E-state index is 12.4. The second kappa shape index (κ2) is 8.42. The summed E-state index contributed by atoms with van der Waals surface area (Å²) in [4.78, 5) is 22.9. The van der Waals surface area contributed by atoms with Gasteiger partial charge in [-0.2, -0.15) is 5.10 Å². The Kier molecular flexibility index (Phi) is 5.65. The zero-order valence-electron chi connectivity index (χ0n) is 18.2. The molecule has 7 heteroatoms. The Morgan fingerprint density at radius 2 is 1.91 bits per heavy atom. The number of furan rings is 1. The van der Waals surface area contributed by atoms with Crippen molar-refractivity contribution in [1.82, 2.24) is 5.43 Å². The van der Waals surface area contributed by atoms with Gasteiger partial charge >= 0.3 is 0 Å². The number of nitrogens with zero attached hydrogens (tertiary/aromatic N) is 2. The van der Waals surface area contributed by atoms with Crippen molar-refractivity contribution in [1.29, 1.82) is 0 Å². The summed E-state index contributed by atoms with van der Waals surface area (Å²) in [5.41, 5.74) is 5.73. The smallest absolute Gasteiger partial charge is 0.270 e. The molecule has 164 valence electrons. The first kappa shape index (κ1) is 21.5. The van der Waals surface area contributed by atoms with Gasteiger partial charge in [0.25, 0.3) is 5.69 Å². The van der Waals surface area contributed by atoms with Crippen LogP contribution in [0.2, 0.25) is 0 Å². The van der Waals surface area contributed by atoms with Crippen LogP contribution in [0.4, 0.5) is 5.69 Å². The lowest BCUT2D eigenvalue weighted by molar-refractivity contribution is -0.384. The number of benzene rings is 2. The van der Waals surface area contributed by atoms with Crippen molar-refractivity contribution in [3.8, 4) is 11.3 Å². The first-order valence-electron chi connectivity index (χ1n) is 10.5. The fraction of sp³-hybridized carbons (Fsp3) is 0.280. The van der Waals surface area contributed by atoms with Crippen LogP contribution in [0.15, 0.2) is 70.2 Å². The zero-order chi connectivity index (χ0) is 22.9.